The van der Waals surface area contributed by atoms with E-state index in [1.807, 2.05) is 0 Å². The van der Waals surface area contributed by atoms with E-state index in [1.54, 1.807) is 49.6 Å². The summed E-state index contributed by atoms with van der Waals surface area (Å²) in [6.45, 7) is 2.01. The van der Waals surface area contributed by atoms with Gasteiger partial charge >= 0.3 is 0 Å². The van der Waals surface area contributed by atoms with Crippen LogP contribution in [0.15, 0.2) is 42.5 Å². The Morgan fingerprint density at radius 1 is 1.06 bits per heavy atom. The first-order chi connectivity index (χ1) is 14.9. The van der Waals surface area contributed by atoms with Gasteiger partial charge in [-0.15, -0.1) is 0 Å². The average molecular weight is 427 g/mol. The normalized spacial score (nSPS) is 13.0. The van der Waals surface area contributed by atoms with Gasteiger partial charge in [-0.25, -0.2) is 0 Å². The second-order valence-electron chi connectivity index (χ2n) is 6.94. The molecule has 9 nitrogen and oxygen atoms in total. The summed E-state index contributed by atoms with van der Waals surface area (Å²) in [6.07, 6.45) is 0. The predicted octanol–water partition coefficient (Wildman–Crippen LogP) is 1.74. The monoisotopic (exact) mass is 427 g/mol. The molecule has 0 saturated carbocycles. The molecule has 2 aromatic rings. The van der Waals surface area contributed by atoms with Crippen LogP contribution in [0.3, 0.4) is 0 Å². The zero-order chi connectivity index (χ0) is 22.4. The van der Waals surface area contributed by atoms with Gasteiger partial charge < -0.3 is 29.7 Å². The van der Waals surface area contributed by atoms with Crippen LogP contribution in [0.25, 0.3) is 0 Å². The first-order valence-electron chi connectivity index (χ1n) is 9.73. The van der Waals surface area contributed by atoms with E-state index in [1.165, 1.54) is 18.9 Å². The summed E-state index contributed by atoms with van der Waals surface area (Å²) in [5.74, 6) is 0.623. The van der Waals surface area contributed by atoms with Crippen molar-refractivity contribution in [2.24, 2.45) is 0 Å². The highest BCUT2D eigenvalue weighted by atomic mass is 16.6. The van der Waals surface area contributed by atoms with Crippen LogP contribution in [0, 0.1) is 0 Å². The molecule has 164 valence electrons. The number of rotatable bonds is 7. The molecule has 0 spiro atoms. The Morgan fingerprint density at radius 3 is 2.39 bits per heavy atom. The number of carbonyl (C=O) groups is 3. The van der Waals surface area contributed by atoms with Gasteiger partial charge in [-0.1, -0.05) is 12.1 Å². The van der Waals surface area contributed by atoms with Crippen molar-refractivity contribution in [2.45, 2.75) is 13.0 Å². The second kappa shape index (κ2) is 9.84. The largest absolute Gasteiger partial charge is 0.497 e. The Hall–Kier alpha value is -3.75. The maximum Gasteiger partial charge on any atom is 0.251 e. The number of ether oxygens (including phenoxy) is 3. The van der Waals surface area contributed by atoms with E-state index in [0.29, 0.717) is 41.7 Å². The third-order valence-corrected chi connectivity index (χ3v) is 4.76. The van der Waals surface area contributed by atoms with E-state index in [9.17, 15) is 14.4 Å². The molecule has 3 amide bonds. The van der Waals surface area contributed by atoms with Crippen molar-refractivity contribution in [3.63, 3.8) is 0 Å². The minimum atomic E-state index is -0.930. The molecule has 0 aliphatic carbocycles. The molecule has 31 heavy (non-hydrogen) atoms. The Bertz CT molecular complexity index is 960. The van der Waals surface area contributed by atoms with Crippen LogP contribution in [0.5, 0.6) is 17.2 Å². The number of anilines is 1. The fraction of sp³-hybridized carbons (Fsp3) is 0.318. The molecule has 0 aromatic heterocycles. The predicted molar refractivity (Wildman–Crippen MR) is 113 cm³/mol. The number of methoxy groups -OCH3 is 1. The molecule has 0 bridgehead atoms. The summed E-state index contributed by atoms with van der Waals surface area (Å²) in [5.41, 5.74) is 1.10. The number of carbonyl (C=O) groups excluding carboxylic acids is 3. The quantitative estimate of drug-likeness (QED) is 0.697. The van der Waals surface area contributed by atoms with E-state index in [2.05, 4.69) is 10.6 Å². The lowest BCUT2D eigenvalue weighted by atomic mass is 10.0. The standard InChI is InChI=1S/C22H25N3O6/c1-14(26)23-13-20(27)25(2)21(15-4-7-17(29-3)8-5-15)22(28)24-16-6-9-18-19(12-16)31-11-10-30-18/h4-9,12,21H,10-11,13H2,1-3H3,(H,23,26)(H,24,28)/t21-/m0/s1. The third kappa shape index (κ3) is 5.44. The van der Waals surface area contributed by atoms with Gasteiger partial charge in [0.25, 0.3) is 5.91 Å². The SMILES string of the molecule is COc1ccc([C@@H](C(=O)Nc2ccc3c(c2)OCCO3)N(C)C(=O)CNC(C)=O)cc1. The highest BCUT2D eigenvalue weighted by Gasteiger charge is 2.29. The molecule has 2 N–H and O–H groups in total. The van der Waals surface area contributed by atoms with Crippen LogP contribution >= 0.6 is 0 Å². The van der Waals surface area contributed by atoms with Crippen LogP contribution in [0.4, 0.5) is 5.69 Å². The molecule has 0 unspecified atom stereocenters. The number of likely N-dealkylation sites (N-methyl/N-ethyl adjacent to an activating group) is 1. The Labute approximate surface area is 180 Å². The molecule has 1 aliphatic rings. The lowest BCUT2D eigenvalue weighted by Gasteiger charge is -2.28. The average Bonchev–Trinajstić information content (AvgIpc) is 2.77. The molecule has 0 radical (unpaired) electrons. The third-order valence-electron chi connectivity index (χ3n) is 4.76. The topological polar surface area (TPSA) is 106 Å². The van der Waals surface area contributed by atoms with E-state index in [-0.39, 0.29) is 12.5 Å². The molecular formula is C22H25N3O6. The second-order valence-corrected chi connectivity index (χ2v) is 6.94. The lowest BCUT2D eigenvalue weighted by molar-refractivity contribution is -0.137. The van der Waals surface area contributed by atoms with Crippen LogP contribution in [0.1, 0.15) is 18.5 Å². The zero-order valence-corrected chi connectivity index (χ0v) is 17.6. The lowest BCUT2D eigenvalue weighted by Crippen LogP contribution is -2.43. The Kier molecular flexibility index (Phi) is 6.96. The summed E-state index contributed by atoms with van der Waals surface area (Å²) in [5, 5.41) is 5.29. The maximum absolute atomic E-state index is 13.2. The number of fused-ring (bicyclic) bond motifs is 1. The summed E-state index contributed by atoms with van der Waals surface area (Å²) < 4.78 is 16.2. The van der Waals surface area contributed by atoms with Crippen molar-refractivity contribution in [3.05, 3.63) is 48.0 Å². The molecule has 0 fully saturated rings. The van der Waals surface area contributed by atoms with Gasteiger partial charge in [0.1, 0.15) is 25.0 Å². The van der Waals surface area contributed by atoms with Gasteiger partial charge in [0, 0.05) is 25.7 Å². The first-order valence-corrected chi connectivity index (χ1v) is 9.73. The first kappa shape index (κ1) is 21.9. The number of nitrogens with one attached hydrogen (secondary N) is 2. The van der Waals surface area contributed by atoms with Crippen molar-refractivity contribution >= 4 is 23.4 Å². The maximum atomic E-state index is 13.2. The number of amides is 3. The van der Waals surface area contributed by atoms with E-state index in [0.717, 1.165) is 0 Å². The van der Waals surface area contributed by atoms with Crippen molar-refractivity contribution < 1.29 is 28.6 Å². The van der Waals surface area contributed by atoms with Gasteiger partial charge in [0.15, 0.2) is 11.5 Å². The number of hydrogen-bond acceptors (Lipinski definition) is 6. The summed E-state index contributed by atoms with van der Waals surface area (Å²) >= 11 is 0. The minimum Gasteiger partial charge on any atom is -0.497 e. The molecule has 3 rings (SSSR count). The van der Waals surface area contributed by atoms with Gasteiger partial charge in [-0.2, -0.15) is 0 Å². The van der Waals surface area contributed by atoms with Gasteiger partial charge in [-0.05, 0) is 29.8 Å². The van der Waals surface area contributed by atoms with Crippen molar-refractivity contribution in [1.82, 2.24) is 10.2 Å². The van der Waals surface area contributed by atoms with E-state index < -0.39 is 17.9 Å². The Morgan fingerprint density at radius 2 is 1.74 bits per heavy atom. The zero-order valence-electron chi connectivity index (χ0n) is 17.6. The summed E-state index contributed by atoms with van der Waals surface area (Å²) in [4.78, 5) is 38.3. The summed E-state index contributed by atoms with van der Waals surface area (Å²) in [6, 6.07) is 11.0. The fourth-order valence-electron chi connectivity index (χ4n) is 3.14. The molecule has 0 saturated heterocycles. The number of benzene rings is 2. The van der Waals surface area contributed by atoms with Gasteiger partial charge in [0.2, 0.25) is 11.8 Å². The van der Waals surface area contributed by atoms with Gasteiger partial charge in [-0.3, -0.25) is 14.4 Å². The molecule has 2 aromatic carbocycles. The molecule has 1 aliphatic heterocycles. The van der Waals surface area contributed by atoms with E-state index >= 15 is 0 Å². The summed E-state index contributed by atoms with van der Waals surface area (Å²) in [7, 11) is 3.06. The van der Waals surface area contributed by atoms with Crippen molar-refractivity contribution in [1.29, 1.82) is 0 Å². The van der Waals surface area contributed by atoms with Crippen molar-refractivity contribution in [3.8, 4) is 17.2 Å². The Balaban J connectivity index is 1.84. The van der Waals surface area contributed by atoms with Crippen LogP contribution in [-0.4, -0.2) is 56.5 Å². The molecular weight excluding hydrogens is 402 g/mol. The van der Waals surface area contributed by atoms with Gasteiger partial charge in [0.05, 0.1) is 13.7 Å². The highest BCUT2D eigenvalue weighted by molar-refractivity contribution is 5.98. The van der Waals surface area contributed by atoms with Crippen molar-refractivity contribution in [2.75, 3.05) is 39.2 Å². The van der Waals surface area contributed by atoms with Crippen LogP contribution < -0.4 is 24.8 Å². The molecule has 1 atom stereocenters. The smallest absolute Gasteiger partial charge is 0.251 e. The van der Waals surface area contributed by atoms with E-state index in [4.69, 9.17) is 14.2 Å². The number of nitrogens with zero attached hydrogens (tertiary/aromatic N) is 1. The molecule has 1 heterocycles. The van der Waals surface area contributed by atoms with Crippen LogP contribution in [-0.2, 0) is 14.4 Å². The number of hydrogen-bond donors (Lipinski definition) is 2. The highest BCUT2D eigenvalue weighted by Crippen LogP contribution is 2.33. The molecule has 9 heteroatoms. The minimum absolute atomic E-state index is 0.213. The fourth-order valence-corrected chi connectivity index (χ4v) is 3.14. The van der Waals surface area contributed by atoms with Crippen LogP contribution in [0.2, 0.25) is 0 Å².